The van der Waals surface area contributed by atoms with Crippen LogP contribution in [0.5, 0.6) is 0 Å². The highest BCUT2D eigenvalue weighted by molar-refractivity contribution is 7.26. The van der Waals surface area contributed by atoms with Crippen LogP contribution in [-0.2, 0) is 6.42 Å². The number of anilines is 4. The molecule has 0 amide bonds. The number of nitrogens with zero attached hydrogens (tertiary/aromatic N) is 3. The lowest BCUT2D eigenvalue weighted by atomic mass is 9.97. The molecule has 0 N–H and O–H groups in total. The molecule has 0 bridgehead atoms. The first-order valence-electron chi connectivity index (χ1n) is 20.3. The van der Waals surface area contributed by atoms with Gasteiger partial charge in [-0.05, 0) is 114 Å². The van der Waals surface area contributed by atoms with Crippen LogP contribution in [0.4, 0.5) is 22.7 Å². The number of fused-ring (bicyclic) bond motifs is 9. The van der Waals surface area contributed by atoms with E-state index in [1.807, 2.05) is 11.3 Å². The van der Waals surface area contributed by atoms with Crippen LogP contribution >= 0.6 is 11.3 Å². The number of aromatic nitrogens is 1. The molecule has 1 atom stereocenters. The minimum Gasteiger partial charge on any atom is -0.334 e. The highest BCUT2D eigenvalue weighted by Gasteiger charge is 2.22. The van der Waals surface area contributed by atoms with E-state index >= 15 is 0 Å². The fraction of sp³-hybridized carbons (Fsp3) is 0.0545. The predicted molar refractivity (Wildman–Crippen MR) is 255 cm³/mol. The molecule has 0 aliphatic carbocycles. The molecule has 7 aromatic carbocycles. The summed E-state index contributed by atoms with van der Waals surface area (Å²) in [6.07, 6.45) is 18.2. The van der Waals surface area contributed by atoms with Crippen molar-refractivity contribution in [2.75, 3.05) is 9.80 Å². The summed E-state index contributed by atoms with van der Waals surface area (Å²) < 4.78 is 4.97. The van der Waals surface area contributed by atoms with Gasteiger partial charge in [0.1, 0.15) is 0 Å². The van der Waals surface area contributed by atoms with E-state index in [9.17, 15) is 0 Å². The monoisotopic (exact) mass is 775 g/mol. The molecule has 9 aromatic rings. The molecule has 282 valence electrons. The van der Waals surface area contributed by atoms with Gasteiger partial charge in [0, 0.05) is 71.5 Å². The van der Waals surface area contributed by atoms with Gasteiger partial charge in [0.05, 0.1) is 16.7 Å². The molecule has 1 unspecified atom stereocenters. The van der Waals surface area contributed by atoms with Gasteiger partial charge < -0.3 is 14.4 Å². The smallest absolute Gasteiger partial charge is 0.0548 e. The standard InChI is InChI=1S/C55H41N3S/c1-37-16-13-14-33-56(42-20-7-4-8-21-42)52-31-29-46-48-35-41(28-32-53(48)59-55(46)54(37)52)40-27-30-51-47(34-40)45-24-10-12-26-50(45)58(51)44-23-15-22-43(36-44)57-38(2)17-5-3-6-18-39-19-9-11-25-49(39)57/h3-17,19-36,38H,1,18H2,2H3/b6-3-,16-13-,17-5-,33-14-. The lowest BCUT2D eigenvalue weighted by Crippen LogP contribution is -2.27. The maximum atomic E-state index is 4.55. The molecule has 2 aliphatic heterocycles. The SMILES string of the molecule is C=C1/C=C\C=C/N(c2ccccc2)c2ccc3c(sc4ccc(-c5ccc6c(c5)c5ccccc5n6-c5cccc(N6c7ccccc7C/C=C\C=C/C6C)c5)cc43)c21. The second-order valence-electron chi connectivity index (χ2n) is 15.4. The van der Waals surface area contributed by atoms with E-state index in [2.05, 4.69) is 228 Å². The molecule has 0 saturated heterocycles. The third-order valence-corrected chi connectivity index (χ3v) is 13.1. The van der Waals surface area contributed by atoms with Crippen molar-refractivity contribution in [3.8, 4) is 16.8 Å². The molecule has 4 heteroatoms. The second-order valence-corrected chi connectivity index (χ2v) is 16.5. The zero-order valence-electron chi connectivity index (χ0n) is 32.8. The van der Waals surface area contributed by atoms with Crippen molar-refractivity contribution in [1.29, 1.82) is 0 Å². The molecular weight excluding hydrogens is 735 g/mol. The average Bonchev–Trinajstić information content (AvgIpc) is 3.83. The van der Waals surface area contributed by atoms with Gasteiger partial charge >= 0.3 is 0 Å². The Kier molecular flexibility index (Phi) is 8.53. The summed E-state index contributed by atoms with van der Waals surface area (Å²) in [4.78, 5) is 4.74. The average molecular weight is 776 g/mol. The Hall–Kier alpha value is -7.14. The van der Waals surface area contributed by atoms with Crippen LogP contribution in [0.1, 0.15) is 18.1 Å². The molecule has 3 nitrogen and oxygen atoms in total. The molecule has 0 fully saturated rings. The van der Waals surface area contributed by atoms with Crippen molar-refractivity contribution in [2.24, 2.45) is 0 Å². The molecule has 59 heavy (non-hydrogen) atoms. The topological polar surface area (TPSA) is 11.4 Å². The van der Waals surface area contributed by atoms with E-state index in [0.29, 0.717) is 0 Å². The Morgan fingerprint density at radius 2 is 1.34 bits per heavy atom. The summed E-state index contributed by atoms with van der Waals surface area (Å²) in [5, 5.41) is 5.02. The van der Waals surface area contributed by atoms with Crippen molar-refractivity contribution in [3.63, 3.8) is 0 Å². The van der Waals surface area contributed by atoms with Gasteiger partial charge in [0.15, 0.2) is 0 Å². The quantitative estimate of drug-likeness (QED) is 0.176. The number of hydrogen-bond donors (Lipinski definition) is 0. The van der Waals surface area contributed by atoms with E-state index in [1.165, 1.54) is 75.6 Å². The highest BCUT2D eigenvalue weighted by Crippen LogP contribution is 2.46. The normalized spacial score (nSPS) is 17.5. The van der Waals surface area contributed by atoms with Crippen molar-refractivity contribution in [3.05, 3.63) is 218 Å². The van der Waals surface area contributed by atoms with Gasteiger partial charge in [-0.3, -0.25) is 0 Å². The van der Waals surface area contributed by atoms with Crippen LogP contribution in [0.2, 0.25) is 0 Å². The van der Waals surface area contributed by atoms with E-state index in [-0.39, 0.29) is 6.04 Å². The Labute approximate surface area is 348 Å². The van der Waals surface area contributed by atoms with Crippen LogP contribution in [0.3, 0.4) is 0 Å². The minimum absolute atomic E-state index is 0.170. The van der Waals surface area contributed by atoms with Crippen molar-refractivity contribution in [2.45, 2.75) is 19.4 Å². The minimum atomic E-state index is 0.170. The third kappa shape index (κ3) is 5.95. The van der Waals surface area contributed by atoms with Gasteiger partial charge in [-0.2, -0.15) is 0 Å². The maximum Gasteiger partial charge on any atom is 0.0548 e. The zero-order valence-corrected chi connectivity index (χ0v) is 33.6. The van der Waals surface area contributed by atoms with Crippen LogP contribution in [0, 0.1) is 0 Å². The number of rotatable bonds is 4. The molecule has 4 heterocycles. The molecule has 0 radical (unpaired) electrons. The summed E-state index contributed by atoms with van der Waals surface area (Å²) in [5.41, 5.74) is 14.1. The van der Waals surface area contributed by atoms with E-state index in [0.717, 1.165) is 29.1 Å². The molecule has 2 aromatic heterocycles. The number of thiophene rings is 1. The lowest BCUT2D eigenvalue weighted by molar-refractivity contribution is 0.859. The molecule has 0 saturated carbocycles. The Morgan fingerprint density at radius 3 is 2.25 bits per heavy atom. The van der Waals surface area contributed by atoms with Gasteiger partial charge in [-0.25, -0.2) is 0 Å². The third-order valence-electron chi connectivity index (χ3n) is 11.9. The summed E-state index contributed by atoms with van der Waals surface area (Å²) in [6.45, 7) is 6.83. The van der Waals surface area contributed by atoms with Crippen molar-refractivity contribution in [1.82, 2.24) is 4.57 Å². The van der Waals surface area contributed by atoms with Gasteiger partial charge in [-0.1, -0.05) is 122 Å². The van der Waals surface area contributed by atoms with Crippen molar-refractivity contribution < 1.29 is 0 Å². The van der Waals surface area contributed by atoms with Crippen LogP contribution in [-0.4, -0.2) is 10.6 Å². The van der Waals surface area contributed by atoms with Crippen LogP contribution < -0.4 is 9.80 Å². The maximum absolute atomic E-state index is 4.55. The molecule has 0 spiro atoms. The molecule has 2 aliphatic rings. The first-order chi connectivity index (χ1) is 29.1. The first kappa shape index (κ1) is 35.1. The van der Waals surface area contributed by atoms with Gasteiger partial charge in [0.25, 0.3) is 0 Å². The number of para-hydroxylation sites is 3. The van der Waals surface area contributed by atoms with Gasteiger partial charge in [-0.15, -0.1) is 11.3 Å². The van der Waals surface area contributed by atoms with E-state index in [1.54, 1.807) is 0 Å². The Morgan fingerprint density at radius 1 is 0.576 bits per heavy atom. The fourth-order valence-corrected chi connectivity index (χ4v) is 10.4. The largest absolute Gasteiger partial charge is 0.334 e. The second kappa shape index (κ2) is 14.4. The number of hydrogen-bond acceptors (Lipinski definition) is 3. The Bertz CT molecular complexity index is 3250. The fourth-order valence-electron chi connectivity index (χ4n) is 9.11. The predicted octanol–water partition coefficient (Wildman–Crippen LogP) is 15.2. The zero-order chi connectivity index (χ0) is 39.5. The van der Waals surface area contributed by atoms with Gasteiger partial charge in [0.2, 0.25) is 0 Å². The van der Waals surface area contributed by atoms with Crippen molar-refractivity contribution >= 4 is 81.6 Å². The lowest BCUT2D eigenvalue weighted by Gasteiger charge is -2.31. The summed E-state index contributed by atoms with van der Waals surface area (Å²) >= 11 is 1.85. The summed E-state index contributed by atoms with van der Waals surface area (Å²) in [6, 6.07) is 55.9. The van der Waals surface area contributed by atoms with Crippen LogP contribution in [0.25, 0.3) is 64.4 Å². The molecular formula is C55H41N3S. The summed E-state index contributed by atoms with van der Waals surface area (Å²) in [7, 11) is 0. The highest BCUT2D eigenvalue weighted by atomic mass is 32.1. The number of allylic oxidation sites excluding steroid dienone is 7. The molecule has 11 rings (SSSR count). The number of benzene rings is 7. The van der Waals surface area contributed by atoms with Crippen LogP contribution in [0.15, 0.2) is 207 Å². The summed E-state index contributed by atoms with van der Waals surface area (Å²) in [5.74, 6) is 0. The Balaban J connectivity index is 1.02. The van der Waals surface area contributed by atoms with E-state index < -0.39 is 0 Å². The van der Waals surface area contributed by atoms with E-state index in [4.69, 9.17) is 0 Å². The first-order valence-corrected chi connectivity index (χ1v) is 21.1.